The van der Waals surface area contributed by atoms with Crippen LogP contribution < -0.4 is 10.1 Å². The fourth-order valence-electron chi connectivity index (χ4n) is 1.84. The number of rotatable bonds is 5. The number of thioether (sulfide) groups is 1. The van der Waals surface area contributed by atoms with Crippen molar-refractivity contribution in [1.82, 2.24) is 5.32 Å². The molecular formula is C16H17N3O4S. The van der Waals surface area contributed by atoms with Crippen LogP contribution in [0.5, 0.6) is 5.75 Å². The number of hydrogen-bond donors (Lipinski definition) is 1. The number of hydrogen-bond acceptors (Lipinski definition) is 7. The Bertz CT molecular complexity index is 741. The third-order valence-electron chi connectivity index (χ3n) is 2.91. The Balaban J connectivity index is 2.13. The summed E-state index contributed by atoms with van der Waals surface area (Å²) in [4.78, 5) is 23.1. The summed E-state index contributed by atoms with van der Waals surface area (Å²) in [5.74, 6) is -0.301. The minimum atomic E-state index is -0.599. The molecule has 0 aromatic heterocycles. The van der Waals surface area contributed by atoms with Gasteiger partial charge in [0.2, 0.25) is 0 Å². The van der Waals surface area contributed by atoms with E-state index in [1.54, 1.807) is 6.21 Å². The van der Waals surface area contributed by atoms with Crippen LogP contribution in [-0.2, 0) is 14.3 Å². The van der Waals surface area contributed by atoms with E-state index in [2.05, 4.69) is 20.3 Å². The maximum Gasteiger partial charge on any atom is 0.331 e. The summed E-state index contributed by atoms with van der Waals surface area (Å²) in [6.45, 7) is 4.42. The molecule has 0 aliphatic carbocycles. The van der Waals surface area contributed by atoms with E-state index in [0.29, 0.717) is 12.4 Å². The number of nitrogens with zero attached hydrogens (tertiary/aromatic N) is 2. The van der Waals surface area contributed by atoms with Gasteiger partial charge in [-0.05, 0) is 37.7 Å². The molecule has 1 saturated heterocycles. The number of carbonyl (C=O) groups excluding carboxylic acids is 2. The van der Waals surface area contributed by atoms with Crippen LogP contribution in [0.1, 0.15) is 18.1 Å². The van der Waals surface area contributed by atoms with Gasteiger partial charge in [0.25, 0.3) is 5.91 Å². The second kappa shape index (κ2) is 8.30. The number of carbonyl (C=O) groups is 2. The summed E-state index contributed by atoms with van der Waals surface area (Å²) in [6, 6.07) is 5.75. The van der Waals surface area contributed by atoms with E-state index < -0.39 is 11.9 Å². The summed E-state index contributed by atoms with van der Waals surface area (Å²) in [5.41, 5.74) is 1.86. The van der Waals surface area contributed by atoms with Crippen LogP contribution >= 0.6 is 11.8 Å². The van der Waals surface area contributed by atoms with Gasteiger partial charge in [-0.2, -0.15) is 5.10 Å². The molecule has 24 heavy (non-hydrogen) atoms. The van der Waals surface area contributed by atoms with Gasteiger partial charge in [0.05, 0.1) is 24.8 Å². The Hall–Kier alpha value is -2.61. The minimum absolute atomic E-state index is 0.210. The van der Waals surface area contributed by atoms with Crippen LogP contribution in [0, 0.1) is 6.92 Å². The van der Waals surface area contributed by atoms with Gasteiger partial charge in [0.15, 0.2) is 5.17 Å². The number of esters is 1. The lowest BCUT2D eigenvalue weighted by Crippen LogP contribution is -2.19. The zero-order chi connectivity index (χ0) is 17.5. The van der Waals surface area contributed by atoms with Crippen LogP contribution in [0.4, 0.5) is 0 Å². The molecule has 1 aliphatic rings. The summed E-state index contributed by atoms with van der Waals surface area (Å²) >= 11 is 1.02. The first-order valence-corrected chi connectivity index (χ1v) is 7.98. The number of amidine groups is 1. The average molecular weight is 347 g/mol. The van der Waals surface area contributed by atoms with Gasteiger partial charge in [-0.1, -0.05) is 11.6 Å². The molecule has 126 valence electrons. The number of amides is 1. The molecule has 1 N–H and O–H groups in total. The monoisotopic (exact) mass is 347 g/mol. The smallest absolute Gasteiger partial charge is 0.331 e. The van der Waals surface area contributed by atoms with E-state index in [4.69, 9.17) is 4.74 Å². The van der Waals surface area contributed by atoms with Crippen molar-refractivity contribution in [3.63, 3.8) is 0 Å². The minimum Gasteiger partial charge on any atom is -0.493 e. The molecule has 0 atom stereocenters. The molecule has 7 nitrogen and oxygen atoms in total. The zero-order valence-electron chi connectivity index (χ0n) is 13.5. The largest absolute Gasteiger partial charge is 0.493 e. The molecule has 2 rings (SSSR count). The predicted molar refractivity (Wildman–Crippen MR) is 93.2 cm³/mol. The molecule has 1 heterocycles. The molecule has 8 heteroatoms. The van der Waals surface area contributed by atoms with Crippen molar-refractivity contribution < 1.29 is 19.1 Å². The molecule has 1 aromatic carbocycles. The topological polar surface area (TPSA) is 89.4 Å². The van der Waals surface area contributed by atoms with Gasteiger partial charge in [-0.25, -0.2) is 4.79 Å². The van der Waals surface area contributed by atoms with Gasteiger partial charge >= 0.3 is 5.97 Å². The second-order valence-electron chi connectivity index (χ2n) is 4.71. The zero-order valence-corrected chi connectivity index (χ0v) is 14.3. The first-order valence-electron chi connectivity index (χ1n) is 7.16. The molecular weight excluding hydrogens is 330 g/mol. The van der Waals surface area contributed by atoms with Crippen molar-refractivity contribution in [2.24, 2.45) is 10.2 Å². The second-order valence-corrected chi connectivity index (χ2v) is 5.74. The maximum absolute atomic E-state index is 11.7. The van der Waals surface area contributed by atoms with Gasteiger partial charge < -0.3 is 9.47 Å². The van der Waals surface area contributed by atoms with E-state index in [9.17, 15) is 9.59 Å². The molecule has 0 saturated carbocycles. The summed E-state index contributed by atoms with van der Waals surface area (Å²) < 4.78 is 10.0. The summed E-state index contributed by atoms with van der Waals surface area (Å²) in [5, 5.41) is 10.7. The number of nitrogens with one attached hydrogen (secondary N) is 1. The van der Waals surface area contributed by atoms with Crippen LogP contribution in [0.2, 0.25) is 0 Å². The highest BCUT2D eigenvalue weighted by atomic mass is 32.2. The number of ether oxygens (including phenoxy) is 2. The molecule has 1 fully saturated rings. The van der Waals surface area contributed by atoms with Crippen LogP contribution in [0.25, 0.3) is 0 Å². The van der Waals surface area contributed by atoms with Crippen molar-refractivity contribution >= 4 is 35.0 Å². The normalized spacial score (nSPS) is 17.5. The van der Waals surface area contributed by atoms with Gasteiger partial charge in [0.1, 0.15) is 5.75 Å². The number of benzene rings is 1. The predicted octanol–water partition coefficient (Wildman–Crippen LogP) is 2.00. The molecule has 0 radical (unpaired) electrons. The van der Waals surface area contributed by atoms with Crippen LogP contribution in [-0.4, -0.2) is 37.0 Å². The van der Waals surface area contributed by atoms with E-state index >= 15 is 0 Å². The molecule has 1 aromatic rings. The summed E-state index contributed by atoms with van der Waals surface area (Å²) in [6.07, 6.45) is 2.67. The van der Waals surface area contributed by atoms with Gasteiger partial charge in [-0.15, -0.1) is 5.10 Å². The van der Waals surface area contributed by atoms with Gasteiger partial charge in [-0.3, -0.25) is 10.1 Å². The Labute approximate surface area is 143 Å². The van der Waals surface area contributed by atoms with E-state index in [-0.39, 0.29) is 10.1 Å². The van der Waals surface area contributed by atoms with Crippen molar-refractivity contribution in [3.05, 3.63) is 40.3 Å². The fraction of sp³-hybridized carbons (Fsp3) is 0.250. The Kier molecular flexibility index (Phi) is 6.14. The highest BCUT2D eigenvalue weighted by Crippen LogP contribution is 2.23. The summed E-state index contributed by atoms with van der Waals surface area (Å²) in [7, 11) is 1.24. The van der Waals surface area contributed by atoms with E-state index in [1.807, 2.05) is 32.0 Å². The first kappa shape index (κ1) is 17.7. The Morgan fingerprint density at radius 3 is 2.92 bits per heavy atom. The highest BCUT2D eigenvalue weighted by Gasteiger charge is 2.24. The van der Waals surface area contributed by atoms with Gasteiger partial charge in [0, 0.05) is 11.6 Å². The lowest BCUT2D eigenvalue weighted by atomic mass is 10.1. The number of aryl methyl sites for hydroxylation is 1. The quantitative estimate of drug-likeness (QED) is 0.381. The Morgan fingerprint density at radius 1 is 1.42 bits per heavy atom. The van der Waals surface area contributed by atoms with E-state index in [0.717, 1.165) is 29.0 Å². The third-order valence-corrected chi connectivity index (χ3v) is 3.81. The molecule has 0 spiro atoms. The van der Waals surface area contributed by atoms with Crippen LogP contribution in [0.15, 0.2) is 39.4 Å². The SMILES string of the molecule is CCOc1ccc(C)cc1C=N/N=C1/NC(=O)/C(=C\C(=O)OC)S1. The lowest BCUT2D eigenvalue weighted by molar-refractivity contribution is -0.135. The average Bonchev–Trinajstić information content (AvgIpc) is 2.89. The fourth-order valence-corrected chi connectivity index (χ4v) is 2.58. The van der Waals surface area contributed by atoms with Crippen molar-refractivity contribution in [2.45, 2.75) is 13.8 Å². The van der Waals surface area contributed by atoms with Crippen LogP contribution in [0.3, 0.4) is 0 Å². The molecule has 0 bridgehead atoms. The molecule has 1 amide bonds. The highest BCUT2D eigenvalue weighted by molar-refractivity contribution is 8.18. The molecule has 1 aliphatic heterocycles. The van der Waals surface area contributed by atoms with E-state index in [1.165, 1.54) is 7.11 Å². The number of methoxy groups -OCH3 is 1. The Morgan fingerprint density at radius 2 is 2.21 bits per heavy atom. The standard InChI is InChI=1S/C16H17N3O4S/c1-4-23-12-6-5-10(2)7-11(12)9-17-19-16-18-15(21)13(24-16)8-14(20)22-3/h5-9H,4H2,1-3H3,(H,18,19,21)/b13-8+,17-9?. The third kappa shape index (κ3) is 4.69. The first-order chi connectivity index (χ1) is 11.5. The van der Waals surface area contributed by atoms with Crippen molar-refractivity contribution in [1.29, 1.82) is 0 Å². The maximum atomic E-state index is 11.7. The lowest BCUT2D eigenvalue weighted by Gasteiger charge is -2.06. The van der Waals surface area contributed by atoms with Crippen molar-refractivity contribution in [3.8, 4) is 5.75 Å². The van der Waals surface area contributed by atoms with Crippen molar-refractivity contribution in [2.75, 3.05) is 13.7 Å². The molecule has 0 unspecified atom stereocenters.